The molecule has 0 saturated heterocycles. The van der Waals surface area contributed by atoms with E-state index in [1.165, 1.54) is 6.42 Å². The van der Waals surface area contributed by atoms with Crippen LogP contribution in [0.1, 0.15) is 48.0 Å². The zero-order chi connectivity index (χ0) is 10.9. The predicted molar refractivity (Wildman–Crippen MR) is 64.2 cm³/mol. The van der Waals surface area contributed by atoms with Crippen molar-refractivity contribution in [2.45, 2.75) is 48.0 Å². The molecule has 0 saturated carbocycles. The van der Waals surface area contributed by atoms with Crippen molar-refractivity contribution in [1.82, 2.24) is 0 Å². The SMILES string of the molecule is CC(C)C1=CC[C@H](C(C)C)[C@H]1C(C)C. The van der Waals surface area contributed by atoms with Gasteiger partial charge in [0.05, 0.1) is 0 Å². The van der Waals surface area contributed by atoms with E-state index in [9.17, 15) is 0 Å². The molecule has 1 rings (SSSR count). The molecule has 1 aliphatic rings. The van der Waals surface area contributed by atoms with Crippen LogP contribution in [0.25, 0.3) is 0 Å². The quantitative estimate of drug-likeness (QED) is 0.580. The van der Waals surface area contributed by atoms with Gasteiger partial charge in [-0.3, -0.25) is 0 Å². The van der Waals surface area contributed by atoms with Crippen LogP contribution in [-0.4, -0.2) is 0 Å². The highest BCUT2D eigenvalue weighted by atomic mass is 14.4. The van der Waals surface area contributed by atoms with Gasteiger partial charge in [0.2, 0.25) is 0 Å². The Morgan fingerprint density at radius 3 is 1.93 bits per heavy atom. The molecule has 0 aliphatic heterocycles. The third kappa shape index (κ3) is 2.21. The minimum Gasteiger partial charge on any atom is -0.0845 e. The largest absolute Gasteiger partial charge is 0.0845 e. The summed E-state index contributed by atoms with van der Waals surface area (Å²) in [6, 6.07) is 0. The van der Waals surface area contributed by atoms with E-state index < -0.39 is 0 Å². The van der Waals surface area contributed by atoms with Crippen LogP contribution in [0.5, 0.6) is 0 Å². The maximum atomic E-state index is 2.51. The minimum atomic E-state index is 0.742. The summed E-state index contributed by atoms with van der Waals surface area (Å²) in [5.74, 6) is 4.11. The summed E-state index contributed by atoms with van der Waals surface area (Å²) in [4.78, 5) is 0. The van der Waals surface area contributed by atoms with Crippen molar-refractivity contribution < 1.29 is 0 Å². The van der Waals surface area contributed by atoms with Crippen LogP contribution >= 0.6 is 0 Å². The molecule has 0 heterocycles. The van der Waals surface area contributed by atoms with E-state index in [1.807, 2.05) is 0 Å². The average Bonchev–Trinajstić information content (AvgIpc) is 2.46. The third-order valence-electron chi connectivity index (χ3n) is 3.71. The molecule has 0 spiro atoms. The summed E-state index contributed by atoms with van der Waals surface area (Å²) in [5.41, 5.74) is 1.72. The van der Waals surface area contributed by atoms with Crippen molar-refractivity contribution >= 4 is 0 Å². The first-order chi connectivity index (χ1) is 6.45. The van der Waals surface area contributed by atoms with Gasteiger partial charge in [0, 0.05) is 0 Å². The molecule has 0 radical (unpaired) electrons. The fourth-order valence-electron chi connectivity index (χ4n) is 2.99. The number of hydrogen-bond acceptors (Lipinski definition) is 0. The predicted octanol–water partition coefficient (Wildman–Crippen LogP) is 4.52. The lowest BCUT2D eigenvalue weighted by Crippen LogP contribution is -2.23. The van der Waals surface area contributed by atoms with Gasteiger partial charge in [-0.25, -0.2) is 0 Å². The zero-order valence-electron chi connectivity index (χ0n) is 10.7. The van der Waals surface area contributed by atoms with E-state index in [4.69, 9.17) is 0 Å². The smallest absolute Gasteiger partial charge is 0.0144 e. The molecule has 0 aromatic heterocycles. The molecule has 2 atom stereocenters. The molecular weight excluding hydrogens is 168 g/mol. The Balaban J connectivity index is 2.81. The molecule has 0 bridgehead atoms. The van der Waals surface area contributed by atoms with Crippen molar-refractivity contribution in [3.63, 3.8) is 0 Å². The summed E-state index contributed by atoms with van der Waals surface area (Å²) >= 11 is 0. The Labute approximate surface area is 89.8 Å². The first-order valence-corrected chi connectivity index (χ1v) is 6.15. The zero-order valence-corrected chi connectivity index (χ0v) is 10.7. The van der Waals surface area contributed by atoms with Gasteiger partial charge in [0.15, 0.2) is 0 Å². The summed E-state index contributed by atoms with van der Waals surface area (Å²) < 4.78 is 0. The molecule has 82 valence electrons. The Bertz CT molecular complexity index is 208. The van der Waals surface area contributed by atoms with E-state index >= 15 is 0 Å². The van der Waals surface area contributed by atoms with Gasteiger partial charge in [-0.05, 0) is 36.0 Å². The van der Waals surface area contributed by atoms with Gasteiger partial charge >= 0.3 is 0 Å². The molecule has 0 N–H and O–H groups in total. The van der Waals surface area contributed by atoms with Crippen LogP contribution in [0.2, 0.25) is 0 Å². The Morgan fingerprint density at radius 2 is 1.57 bits per heavy atom. The lowest BCUT2D eigenvalue weighted by Gasteiger charge is -2.30. The van der Waals surface area contributed by atoms with E-state index in [0.717, 1.165) is 29.6 Å². The Kier molecular flexibility index (Phi) is 3.80. The van der Waals surface area contributed by atoms with Crippen LogP contribution in [0.15, 0.2) is 11.6 Å². The molecule has 0 aromatic carbocycles. The van der Waals surface area contributed by atoms with Gasteiger partial charge in [-0.1, -0.05) is 53.2 Å². The maximum absolute atomic E-state index is 2.51. The van der Waals surface area contributed by atoms with Crippen molar-refractivity contribution in [3.8, 4) is 0 Å². The van der Waals surface area contributed by atoms with E-state index in [0.29, 0.717) is 0 Å². The lowest BCUT2D eigenvalue weighted by atomic mass is 9.74. The molecule has 0 heteroatoms. The second kappa shape index (κ2) is 4.51. The molecule has 0 nitrogen and oxygen atoms in total. The van der Waals surface area contributed by atoms with Crippen LogP contribution in [0.3, 0.4) is 0 Å². The van der Waals surface area contributed by atoms with E-state index in [1.54, 1.807) is 5.57 Å². The fourth-order valence-corrected chi connectivity index (χ4v) is 2.99. The molecule has 14 heavy (non-hydrogen) atoms. The number of rotatable bonds is 3. The topological polar surface area (TPSA) is 0 Å². The van der Waals surface area contributed by atoms with Gasteiger partial charge in [-0.2, -0.15) is 0 Å². The molecule has 1 aliphatic carbocycles. The van der Waals surface area contributed by atoms with E-state index in [-0.39, 0.29) is 0 Å². The first kappa shape index (κ1) is 11.8. The van der Waals surface area contributed by atoms with Gasteiger partial charge in [0.1, 0.15) is 0 Å². The number of hydrogen-bond donors (Lipinski definition) is 0. The standard InChI is InChI=1S/C14H26/c1-9(2)12-7-8-13(10(3)4)14(12)11(5)6/h7,9-11,13-14H,8H2,1-6H3/t13-,14+/m1/s1. The highest BCUT2D eigenvalue weighted by Crippen LogP contribution is 2.43. The molecule has 0 amide bonds. The second-order valence-electron chi connectivity index (χ2n) is 5.77. The van der Waals surface area contributed by atoms with Crippen molar-refractivity contribution in [2.75, 3.05) is 0 Å². The Morgan fingerprint density at radius 1 is 1.00 bits per heavy atom. The summed E-state index contributed by atoms with van der Waals surface area (Å²) in [7, 11) is 0. The molecule has 0 unspecified atom stereocenters. The van der Waals surface area contributed by atoms with E-state index in [2.05, 4.69) is 47.6 Å². The van der Waals surface area contributed by atoms with Crippen molar-refractivity contribution in [2.24, 2.45) is 29.6 Å². The number of allylic oxidation sites excluding steroid dienone is 2. The average molecular weight is 194 g/mol. The van der Waals surface area contributed by atoms with Crippen molar-refractivity contribution in [3.05, 3.63) is 11.6 Å². The minimum absolute atomic E-state index is 0.742. The van der Waals surface area contributed by atoms with Crippen molar-refractivity contribution in [1.29, 1.82) is 0 Å². The van der Waals surface area contributed by atoms with Gasteiger partial charge < -0.3 is 0 Å². The van der Waals surface area contributed by atoms with Crippen LogP contribution < -0.4 is 0 Å². The second-order valence-corrected chi connectivity index (χ2v) is 5.77. The summed E-state index contributed by atoms with van der Waals surface area (Å²) in [6.07, 6.45) is 3.83. The molecular formula is C14H26. The van der Waals surface area contributed by atoms with Crippen LogP contribution in [0, 0.1) is 29.6 Å². The Hall–Kier alpha value is -0.260. The fraction of sp³-hybridized carbons (Fsp3) is 0.857. The highest BCUT2D eigenvalue weighted by molar-refractivity contribution is 5.18. The summed E-state index contributed by atoms with van der Waals surface area (Å²) in [6.45, 7) is 14.2. The summed E-state index contributed by atoms with van der Waals surface area (Å²) in [5, 5.41) is 0. The van der Waals surface area contributed by atoms with Crippen LogP contribution in [-0.2, 0) is 0 Å². The molecule has 0 fully saturated rings. The molecule has 0 aromatic rings. The van der Waals surface area contributed by atoms with Gasteiger partial charge in [0.25, 0.3) is 0 Å². The highest BCUT2D eigenvalue weighted by Gasteiger charge is 2.34. The van der Waals surface area contributed by atoms with Crippen LogP contribution in [0.4, 0.5) is 0 Å². The third-order valence-corrected chi connectivity index (χ3v) is 3.71. The monoisotopic (exact) mass is 194 g/mol. The lowest BCUT2D eigenvalue weighted by molar-refractivity contribution is 0.243. The first-order valence-electron chi connectivity index (χ1n) is 6.15. The maximum Gasteiger partial charge on any atom is -0.0144 e. The normalized spacial score (nSPS) is 27.9. The van der Waals surface area contributed by atoms with Gasteiger partial charge in [-0.15, -0.1) is 0 Å².